The van der Waals surface area contributed by atoms with Gasteiger partial charge in [-0.1, -0.05) is 16.8 Å². The van der Waals surface area contributed by atoms with Crippen LogP contribution in [-0.2, 0) is 17.4 Å². The van der Waals surface area contributed by atoms with E-state index >= 15 is 0 Å². The van der Waals surface area contributed by atoms with Crippen LogP contribution in [0.15, 0.2) is 22.7 Å². The molecule has 2 aromatic rings. The highest BCUT2D eigenvalue weighted by molar-refractivity contribution is 6.33. The molecule has 0 aliphatic carbocycles. The maximum atomic E-state index is 12.7. The van der Waals surface area contributed by atoms with E-state index in [1.807, 2.05) is 0 Å². The molecule has 1 N–H and O–H groups in total. The van der Waals surface area contributed by atoms with Crippen LogP contribution >= 0.6 is 11.6 Å². The van der Waals surface area contributed by atoms with Gasteiger partial charge in [-0.05, 0) is 32.0 Å². The van der Waals surface area contributed by atoms with E-state index < -0.39 is 17.6 Å². The van der Waals surface area contributed by atoms with Crippen LogP contribution in [-0.4, -0.2) is 11.1 Å². The van der Waals surface area contributed by atoms with Crippen molar-refractivity contribution in [2.45, 2.75) is 26.4 Å². The van der Waals surface area contributed by atoms with Gasteiger partial charge < -0.3 is 9.84 Å². The van der Waals surface area contributed by atoms with Gasteiger partial charge >= 0.3 is 6.18 Å². The van der Waals surface area contributed by atoms with E-state index in [-0.39, 0.29) is 17.1 Å². The van der Waals surface area contributed by atoms with Gasteiger partial charge in [-0.3, -0.25) is 4.79 Å². The van der Waals surface area contributed by atoms with Crippen molar-refractivity contribution in [3.8, 4) is 0 Å². The molecule has 22 heavy (non-hydrogen) atoms. The molecule has 1 aromatic carbocycles. The first-order chi connectivity index (χ1) is 10.2. The number of carbonyl (C=O) groups excluding carboxylic acids is 1. The average Bonchev–Trinajstić information content (AvgIpc) is 2.72. The van der Waals surface area contributed by atoms with Crippen molar-refractivity contribution in [1.29, 1.82) is 0 Å². The molecular formula is C14H12ClF3N2O2. The molecule has 0 unspecified atom stereocenters. The number of nitrogens with one attached hydrogen (secondary N) is 1. The zero-order valence-electron chi connectivity index (χ0n) is 11.7. The summed E-state index contributed by atoms with van der Waals surface area (Å²) < 4.78 is 42.9. The van der Waals surface area contributed by atoms with Crippen LogP contribution in [0.1, 0.15) is 22.6 Å². The van der Waals surface area contributed by atoms with E-state index in [0.29, 0.717) is 17.0 Å². The maximum absolute atomic E-state index is 12.7. The fraction of sp³-hybridized carbons (Fsp3) is 0.286. The average molecular weight is 333 g/mol. The first kappa shape index (κ1) is 16.4. The number of aryl methyl sites for hydroxylation is 2. The quantitative estimate of drug-likeness (QED) is 0.918. The van der Waals surface area contributed by atoms with Crippen LogP contribution < -0.4 is 5.32 Å². The third-order valence-electron chi connectivity index (χ3n) is 3.09. The molecule has 0 spiro atoms. The summed E-state index contributed by atoms with van der Waals surface area (Å²) in [5.74, 6) is -0.0154. The van der Waals surface area contributed by atoms with Crippen molar-refractivity contribution in [3.05, 3.63) is 45.8 Å². The van der Waals surface area contributed by atoms with Gasteiger partial charge in [-0.2, -0.15) is 13.2 Å². The lowest BCUT2D eigenvalue weighted by Gasteiger charge is -2.11. The highest BCUT2D eigenvalue weighted by atomic mass is 35.5. The minimum atomic E-state index is -4.51. The number of hydrogen-bond donors (Lipinski definition) is 1. The zero-order valence-corrected chi connectivity index (χ0v) is 12.5. The molecule has 0 saturated heterocycles. The number of amides is 1. The monoisotopic (exact) mass is 332 g/mol. The van der Waals surface area contributed by atoms with Gasteiger partial charge in [-0.25, -0.2) is 0 Å². The largest absolute Gasteiger partial charge is 0.416 e. The van der Waals surface area contributed by atoms with Crippen LogP contribution in [0.4, 0.5) is 18.9 Å². The van der Waals surface area contributed by atoms with Crippen LogP contribution in [0.25, 0.3) is 0 Å². The summed E-state index contributed by atoms with van der Waals surface area (Å²) >= 11 is 5.82. The number of anilines is 1. The highest BCUT2D eigenvalue weighted by Crippen LogP contribution is 2.33. The molecule has 0 aliphatic rings. The first-order valence-electron chi connectivity index (χ1n) is 6.27. The van der Waals surface area contributed by atoms with Gasteiger partial charge in [0.05, 0.1) is 28.4 Å². The Bertz CT molecular complexity index is 691. The molecule has 0 fully saturated rings. The van der Waals surface area contributed by atoms with Gasteiger partial charge in [0.2, 0.25) is 5.91 Å². The molecule has 0 radical (unpaired) electrons. The number of aromatic nitrogens is 1. The van der Waals surface area contributed by atoms with Crippen LogP contribution in [0.2, 0.25) is 5.02 Å². The fourth-order valence-electron chi connectivity index (χ4n) is 1.91. The topological polar surface area (TPSA) is 55.1 Å². The summed E-state index contributed by atoms with van der Waals surface area (Å²) in [5.41, 5.74) is 0.182. The summed E-state index contributed by atoms with van der Waals surface area (Å²) in [5, 5.41) is 6.11. The predicted octanol–water partition coefficient (Wildman–Crippen LogP) is 4.14. The van der Waals surface area contributed by atoms with E-state index in [4.69, 9.17) is 16.1 Å². The number of hydrogen-bond acceptors (Lipinski definition) is 3. The molecule has 118 valence electrons. The van der Waals surface area contributed by atoms with Gasteiger partial charge in [0.1, 0.15) is 5.76 Å². The van der Waals surface area contributed by atoms with E-state index in [1.54, 1.807) is 13.8 Å². The molecular weight excluding hydrogens is 321 g/mol. The third-order valence-corrected chi connectivity index (χ3v) is 3.42. The predicted molar refractivity (Wildman–Crippen MR) is 74.8 cm³/mol. The Morgan fingerprint density at radius 1 is 1.36 bits per heavy atom. The van der Waals surface area contributed by atoms with Crippen molar-refractivity contribution in [1.82, 2.24) is 5.16 Å². The SMILES string of the molecule is Cc1noc(C)c1CC(=O)Nc1cc(C(F)(F)F)ccc1Cl. The Morgan fingerprint density at radius 2 is 2.05 bits per heavy atom. The van der Waals surface area contributed by atoms with Crippen LogP contribution in [0.5, 0.6) is 0 Å². The van der Waals surface area contributed by atoms with Gasteiger partial charge in [0, 0.05) is 5.56 Å². The van der Waals surface area contributed by atoms with E-state index in [2.05, 4.69) is 10.5 Å². The summed E-state index contributed by atoms with van der Waals surface area (Å²) in [6.07, 6.45) is -4.57. The van der Waals surface area contributed by atoms with Crippen LogP contribution in [0.3, 0.4) is 0 Å². The normalized spacial score (nSPS) is 11.5. The second kappa shape index (κ2) is 6.00. The number of nitrogens with zero attached hydrogens (tertiary/aromatic N) is 1. The van der Waals surface area contributed by atoms with Gasteiger partial charge in [-0.15, -0.1) is 0 Å². The molecule has 1 heterocycles. The maximum Gasteiger partial charge on any atom is 0.416 e. The smallest absolute Gasteiger partial charge is 0.361 e. The van der Waals surface area contributed by atoms with Crippen molar-refractivity contribution < 1.29 is 22.5 Å². The zero-order chi connectivity index (χ0) is 16.5. The summed E-state index contributed by atoms with van der Waals surface area (Å²) in [7, 11) is 0. The fourth-order valence-corrected chi connectivity index (χ4v) is 2.07. The number of benzene rings is 1. The lowest BCUT2D eigenvalue weighted by molar-refractivity contribution is -0.137. The molecule has 0 atom stereocenters. The molecule has 0 saturated carbocycles. The summed E-state index contributed by atoms with van der Waals surface area (Å²) in [6.45, 7) is 3.33. The number of rotatable bonds is 3. The highest BCUT2D eigenvalue weighted by Gasteiger charge is 2.31. The van der Waals surface area contributed by atoms with E-state index in [1.165, 1.54) is 0 Å². The summed E-state index contributed by atoms with van der Waals surface area (Å²) in [4.78, 5) is 12.0. The Hall–Kier alpha value is -2.02. The molecule has 1 amide bonds. The number of alkyl halides is 3. The minimum absolute atomic E-state index is 0.0279. The van der Waals surface area contributed by atoms with Crippen molar-refractivity contribution >= 4 is 23.2 Å². The number of carbonyl (C=O) groups is 1. The number of halogens is 4. The van der Waals surface area contributed by atoms with Gasteiger partial charge in [0.25, 0.3) is 0 Å². The molecule has 0 bridgehead atoms. The van der Waals surface area contributed by atoms with Crippen molar-refractivity contribution in [2.24, 2.45) is 0 Å². The molecule has 0 aliphatic heterocycles. The summed E-state index contributed by atoms with van der Waals surface area (Å²) in [6, 6.07) is 2.75. The van der Waals surface area contributed by atoms with Crippen molar-refractivity contribution in [3.63, 3.8) is 0 Å². The second-order valence-corrected chi connectivity index (χ2v) is 5.13. The first-order valence-corrected chi connectivity index (χ1v) is 6.64. The van der Waals surface area contributed by atoms with E-state index in [9.17, 15) is 18.0 Å². The molecule has 4 nitrogen and oxygen atoms in total. The molecule has 8 heteroatoms. The Labute approximate surface area is 129 Å². The lowest BCUT2D eigenvalue weighted by Crippen LogP contribution is -2.16. The second-order valence-electron chi connectivity index (χ2n) is 4.72. The van der Waals surface area contributed by atoms with Gasteiger partial charge in [0.15, 0.2) is 0 Å². The lowest BCUT2D eigenvalue weighted by atomic mass is 10.1. The molecule has 1 aromatic heterocycles. The Balaban J connectivity index is 2.18. The Kier molecular flexibility index (Phi) is 4.46. The minimum Gasteiger partial charge on any atom is -0.361 e. The van der Waals surface area contributed by atoms with Crippen molar-refractivity contribution in [2.75, 3.05) is 5.32 Å². The molecule has 2 rings (SSSR count). The van der Waals surface area contributed by atoms with Crippen LogP contribution in [0, 0.1) is 13.8 Å². The third kappa shape index (κ3) is 3.59. The standard InChI is InChI=1S/C14H12ClF3N2O2/c1-7-10(8(2)22-20-7)6-13(21)19-12-5-9(14(16,17)18)3-4-11(12)15/h3-5H,6H2,1-2H3,(H,19,21). The van der Waals surface area contributed by atoms with E-state index in [0.717, 1.165) is 18.2 Å². The Morgan fingerprint density at radius 3 is 2.59 bits per heavy atom.